The van der Waals surface area contributed by atoms with E-state index < -0.39 is 11.9 Å². The number of nitrogens with zero attached hydrogens (tertiary/aromatic N) is 1. The molecule has 0 aliphatic carbocycles. The lowest BCUT2D eigenvalue weighted by atomic mass is 9.98. The lowest BCUT2D eigenvalue weighted by Gasteiger charge is -2.13. The van der Waals surface area contributed by atoms with Crippen LogP contribution in [-0.2, 0) is 11.2 Å². The zero-order chi connectivity index (χ0) is 22.8. The van der Waals surface area contributed by atoms with Crippen molar-refractivity contribution in [1.29, 1.82) is 0 Å². The predicted molar refractivity (Wildman–Crippen MR) is 124 cm³/mol. The van der Waals surface area contributed by atoms with Crippen LogP contribution in [0.25, 0.3) is 11.1 Å². The van der Waals surface area contributed by atoms with Gasteiger partial charge in [-0.05, 0) is 48.0 Å². The quantitative estimate of drug-likeness (QED) is 0.381. The smallest absolute Gasteiger partial charge is 0.265 e. The maximum Gasteiger partial charge on any atom is 0.265 e. The minimum absolute atomic E-state index is 0.0672. The first-order valence-electron chi connectivity index (χ1n) is 10.3. The minimum Gasteiger partial charge on any atom is -0.464 e. The molecule has 1 aliphatic rings. The van der Waals surface area contributed by atoms with Crippen LogP contribution in [-0.4, -0.2) is 17.0 Å². The van der Waals surface area contributed by atoms with E-state index in [-0.39, 0.29) is 10.9 Å². The highest BCUT2D eigenvalue weighted by atomic mass is 35.5. The van der Waals surface area contributed by atoms with E-state index in [1.165, 1.54) is 18.2 Å². The fourth-order valence-corrected chi connectivity index (χ4v) is 3.90. The van der Waals surface area contributed by atoms with Gasteiger partial charge in [-0.25, -0.2) is 9.37 Å². The number of pyridine rings is 1. The van der Waals surface area contributed by atoms with Crippen LogP contribution >= 0.6 is 11.6 Å². The third-order valence-electron chi connectivity index (χ3n) is 5.29. The van der Waals surface area contributed by atoms with Crippen molar-refractivity contribution in [3.05, 3.63) is 101 Å². The van der Waals surface area contributed by atoms with Crippen LogP contribution in [0.4, 0.5) is 10.1 Å². The van der Waals surface area contributed by atoms with Crippen LogP contribution in [0.2, 0.25) is 5.02 Å². The second-order valence-electron chi connectivity index (χ2n) is 7.48. The van der Waals surface area contributed by atoms with Crippen LogP contribution < -0.4 is 14.8 Å². The first-order valence-corrected chi connectivity index (χ1v) is 10.7. The third kappa shape index (κ3) is 4.38. The summed E-state index contributed by atoms with van der Waals surface area (Å²) in [6.45, 7) is 0. The Labute approximate surface area is 194 Å². The summed E-state index contributed by atoms with van der Waals surface area (Å²) in [4.78, 5) is 17.1. The van der Waals surface area contributed by atoms with E-state index in [9.17, 15) is 9.18 Å². The van der Waals surface area contributed by atoms with E-state index in [1.54, 1.807) is 6.20 Å². The number of amides is 1. The van der Waals surface area contributed by atoms with Crippen molar-refractivity contribution >= 4 is 23.2 Å². The molecular weight excluding hydrogens is 443 g/mol. The molecule has 164 valence electrons. The largest absolute Gasteiger partial charge is 0.464 e. The Morgan fingerprint density at radius 1 is 1.03 bits per heavy atom. The number of carbonyl (C=O) groups excluding carboxylic acids is 1. The molecule has 0 radical (unpaired) electrons. The number of rotatable bonds is 5. The molecule has 5 nitrogen and oxygen atoms in total. The van der Waals surface area contributed by atoms with Crippen LogP contribution in [0.15, 0.2) is 85.1 Å². The van der Waals surface area contributed by atoms with E-state index in [0.29, 0.717) is 23.7 Å². The highest BCUT2D eigenvalue weighted by Crippen LogP contribution is 2.40. The third-order valence-corrected chi connectivity index (χ3v) is 5.58. The predicted octanol–water partition coefficient (Wildman–Crippen LogP) is 6.28. The van der Waals surface area contributed by atoms with Gasteiger partial charge in [-0.3, -0.25) is 4.79 Å². The van der Waals surface area contributed by atoms with Crippen LogP contribution in [0.1, 0.15) is 5.56 Å². The number of hydrogen-bond acceptors (Lipinski definition) is 4. The monoisotopic (exact) mass is 460 g/mol. The summed E-state index contributed by atoms with van der Waals surface area (Å²) in [5, 5.41) is 2.66. The molecule has 5 rings (SSSR count). The highest BCUT2D eigenvalue weighted by Gasteiger charge is 2.33. The fourth-order valence-electron chi connectivity index (χ4n) is 3.72. The van der Waals surface area contributed by atoms with Gasteiger partial charge >= 0.3 is 0 Å². The van der Waals surface area contributed by atoms with Gasteiger partial charge in [0.2, 0.25) is 5.88 Å². The number of benzene rings is 3. The maximum absolute atomic E-state index is 13.4. The van der Waals surface area contributed by atoms with Gasteiger partial charge in [0, 0.05) is 29.4 Å². The van der Waals surface area contributed by atoms with Crippen molar-refractivity contribution in [2.24, 2.45) is 0 Å². The number of hydrogen-bond donors (Lipinski definition) is 1. The van der Waals surface area contributed by atoms with Crippen molar-refractivity contribution in [3.8, 4) is 28.5 Å². The Morgan fingerprint density at radius 2 is 1.82 bits per heavy atom. The molecule has 1 aromatic heterocycles. The number of carbonyl (C=O) groups is 1. The molecule has 1 aliphatic heterocycles. The maximum atomic E-state index is 13.4. The van der Waals surface area contributed by atoms with E-state index in [4.69, 9.17) is 21.1 Å². The number of fused-ring (bicyclic) bond motifs is 1. The van der Waals surface area contributed by atoms with E-state index >= 15 is 0 Å². The molecule has 0 spiro atoms. The summed E-state index contributed by atoms with van der Waals surface area (Å²) >= 11 is 5.81. The first kappa shape index (κ1) is 21.0. The average molecular weight is 461 g/mol. The lowest BCUT2D eigenvalue weighted by Crippen LogP contribution is -2.31. The Balaban J connectivity index is 1.40. The molecule has 1 amide bonds. The number of ether oxygens (including phenoxy) is 2. The number of nitrogens with one attached hydrogen (secondary N) is 1. The molecule has 7 heteroatoms. The van der Waals surface area contributed by atoms with E-state index in [2.05, 4.69) is 10.3 Å². The topological polar surface area (TPSA) is 60.5 Å². The normalized spacial score (nSPS) is 14.3. The molecule has 1 atom stereocenters. The summed E-state index contributed by atoms with van der Waals surface area (Å²) in [5.41, 5.74) is 2.96. The Morgan fingerprint density at radius 3 is 2.64 bits per heavy atom. The molecule has 0 fully saturated rings. The number of halogens is 2. The van der Waals surface area contributed by atoms with Crippen molar-refractivity contribution < 1.29 is 18.7 Å². The Kier molecular flexibility index (Phi) is 5.67. The van der Waals surface area contributed by atoms with Crippen LogP contribution in [0.5, 0.6) is 17.4 Å². The SMILES string of the molecule is O=C(Nc1ccc(F)c(Cl)c1)C1Cc2c(-c3ccccc3Oc3ccccc3)ccnc2O1. The number of aromatic nitrogens is 1. The van der Waals surface area contributed by atoms with Gasteiger partial charge < -0.3 is 14.8 Å². The summed E-state index contributed by atoms with van der Waals surface area (Å²) < 4.78 is 25.4. The van der Waals surface area contributed by atoms with E-state index in [0.717, 1.165) is 22.4 Å². The summed E-state index contributed by atoms with van der Waals surface area (Å²) in [5.74, 6) is 0.896. The van der Waals surface area contributed by atoms with Crippen LogP contribution in [0, 0.1) is 5.82 Å². The van der Waals surface area contributed by atoms with Gasteiger partial charge in [-0.1, -0.05) is 48.0 Å². The summed E-state index contributed by atoms with van der Waals surface area (Å²) in [6.07, 6.45) is 1.20. The highest BCUT2D eigenvalue weighted by molar-refractivity contribution is 6.31. The van der Waals surface area contributed by atoms with Gasteiger partial charge in [0.1, 0.15) is 17.3 Å². The molecular formula is C26H18ClFN2O3. The number of para-hydroxylation sites is 2. The number of anilines is 1. The lowest BCUT2D eigenvalue weighted by molar-refractivity contribution is -0.122. The van der Waals surface area contributed by atoms with Crippen molar-refractivity contribution in [2.75, 3.05) is 5.32 Å². The molecule has 3 aromatic carbocycles. The Bertz CT molecular complexity index is 1330. The molecule has 2 heterocycles. The van der Waals surface area contributed by atoms with Gasteiger partial charge in [-0.15, -0.1) is 0 Å². The molecule has 1 N–H and O–H groups in total. The van der Waals surface area contributed by atoms with Gasteiger partial charge in [0.05, 0.1) is 5.02 Å². The molecule has 1 unspecified atom stereocenters. The second kappa shape index (κ2) is 8.92. The van der Waals surface area contributed by atoms with Crippen molar-refractivity contribution in [2.45, 2.75) is 12.5 Å². The van der Waals surface area contributed by atoms with Crippen molar-refractivity contribution in [3.63, 3.8) is 0 Å². The standard InChI is InChI=1S/C26H18ClFN2O3/c27-21-14-16(10-11-22(21)28)30-25(31)24-15-20-18(12-13-29-26(20)33-24)19-8-4-5-9-23(19)32-17-6-2-1-3-7-17/h1-14,24H,15H2,(H,30,31). The first-order chi connectivity index (χ1) is 16.1. The van der Waals surface area contributed by atoms with Gasteiger partial charge in [0.15, 0.2) is 6.10 Å². The second-order valence-corrected chi connectivity index (χ2v) is 7.89. The Hall–Kier alpha value is -3.90. The zero-order valence-electron chi connectivity index (χ0n) is 17.3. The van der Waals surface area contributed by atoms with Crippen LogP contribution in [0.3, 0.4) is 0 Å². The molecule has 4 aromatic rings. The summed E-state index contributed by atoms with van der Waals surface area (Å²) in [7, 11) is 0. The van der Waals surface area contributed by atoms with Gasteiger partial charge in [0.25, 0.3) is 5.91 Å². The minimum atomic E-state index is -0.778. The summed E-state index contributed by atoms with van der Waals surface area (Å²) in [6, 6.07) is 23.1. The molecule has 0 saturated heterocycles. The van der Waals surface area contributed by atoms with Crippen molar-refractivity contribution in [1.82, 2.24) is 4.98 Å². The molecule has 33 heavy (non-hydrogen) atoms. The average Bonchev–Trinajstić information content (AvgIpc) is 3.27. The molecule has 0 saturated carbocycles. The van der Waals surface area contributed by atoms with Gasteiger partial charge in [-0.2, -0.15) is 0 Å². The van der Waals surface area contributed by atoms with E-state index in [1.807, 2.05) is 60.7 Å². The molecule has 0 bridgehead atoms. The zero-order valence-corrected chi connectivity index (χ0v) is 18.1. The fraction of sp³-hybridized carbons (Fsp3) is 0.0769.